The van der Waals surface area contributed by atoms with Gasteiger partial charge in [0.15, 0.2) is 11.6 Å². The molecule has 0 aliphatic carbocycles. The lowest BCUT2D eigenvalue weighted by Gasteiger charge is -2.38. The van der Waals surface area contributed by atoms with E-state index in [-0.39, 0.29) is 18.1 Å². The number of ether oxygens (including phenoxy) is 1. The fourth-order valence-electron chi connectivity index (χ4n) is 3.96. The van der Waals surface area contributed by atoms with Gasteiger partial charge in [0.2, 0.25) is 0 Å². The van der Waals surface area contributed by atoms with Crippen molar-refractivity contribution in [3.05, 3.63) is 30.0 Å². The van der Waals surface area contributed by atoms with E-state index in [0.29, 0.717) is 25.4 Å². The maximum atomic E-state index is 12.4. The van der Waals surface area contributed by atoms with Gasteiger partial charge in [-0.3, -0.25) is 9.69 Å². The first-order valence-electron chi connectivity index (χ1n) is 9.70. The smallest absolute Gasteiger partial charge is 0.289 e. The summed E-state index contributed by atoms with van der Waals surface area (Å²) in [6, 6.07) is 3.59. The summed E-state index contributed by atoms with van der Waals surface area (Å²) in [6.07, 6.45) is 4.81. The van der Waals surface area contributed by atoms with E-state index in [2.05, 4.69) is 27.3 Å². The maximum absolute atomic E-state index is 12.4. The quantitative estimate of drug-likeness (QED) is 0.754. The molecule has 0 bridgehead atoms. The number of furan rings is 1. The number of aromatic nitrogens is 4. The van der Waals surface area contributed by atoms with Crippen LogP contribution in [0.15, 0.2) is 22.8 Å². The van der Waals surface area contributed by atoms with E-state index in [4.69, 9.17) is 9.15 Å². The maximum Gasteiger partial charge on any atom is 0.289 e. The Kier molecular flexibility index (Phi) is 5.49. The zero-order chi connectivity index (χ0) is 18.6. The minimum absolute atomic E-state index is 0.0454. The molecule has 0 saturated carbocycles. The molecule has 0 radical (unpaired) electrons. The van der Waals surface area contributed by atoms with Crippen LogP contribution in [0.2, 0.25) is 0 Å². The molecule has 0 unspecified atom stereocenters. The van der Waals surface area contributed by atoms with E-state index in [0.717, 1.165) is 44.8 Å². The fraction of sp³-hybridized carbons (Fsp3) is 0.667. The number of tetrazole rings is 1. The molecule has 1 amide bonds. The normalized spacial score (nSPS) is 22.3. The largest absolute Gasteiger partial charge is 0.459 e. The number of amides is 1. The molecular weight excluding hydrogens is 348 g/mol. The van der Waals surface area contributed by atoms with E-state index in [1.54, 1.807) is 12.1 Å². The van der Waals surface area contributed by atoms with E-state index in [1.165, 1.54) is 6.26 Å². The Hall–Kier alpha value is -2.26. The second-order valence-electron chi connectivity index (χ2n) is 7.08. The van der Waals surface area contributed by atoms with Crippen LogP contribution in [0, 0.1) is 0 Å². The first-order chi connectivity index (χ1) is 13.3. The molecule has 9 heteroatoms. The summed E-state index contributed by atoms with van der Waals surface area (Å²) in [5.74, 6) is 1.24. The third-order valence-corrected chi connectivity index (χ3v) is 5.42. The molecule has 2 fully saturated rings. The number of nitrogens with zero attached hydrogens (tertiary/aromatic N) is 6. The highest BCUT2D eigenvalue weighted by Crippen LogP contribution is 2.25. The van der Waals surface area contributed by atoms with Crippen LogP contribution in [-0.2, 0) is 11.3 Å². The Morgan fingerprint density at radius 2 is 2.19 bits per heavy atom. The van der Waals surface area contributed by atoms with Gasteiger partial charge in [-0.1, -0.05) is 6.92 Å². The highest BCUT2D eigenvalue weighted by Gasteiger charge is 2.31. The first kappa shape index (κ1) is 18.1. The molecule has 9 nitrogen and oxygen atoms in total. The number of rotatable bonds is 6. The molecule has 2 saturated heterocycles. The number of carbonyl (C=O) groups excluding carboxylic acids is 1. The van der Waals surface area contributed by atoms with Crippen molar-refractivity contribution < 1.29 is 13.9 Å². The monoisotopic (exact) mass is 374 g/mol. The highest BCUT2D eigenvalue weighted by molar-refractivity contribution is 5.91. The number of hydrogen-bond acceptors (Lipinski definition) is 7. The number of carbonyl (C=O) groups is 1. The molecule has 146 valence electrons. The van der Waals surface area contributed by atoms with Gasteiger partial charge < -0.3 is 14.1 Å². The van der Waals surface area contributed by atoms with E-state index < -0.39 is 0 Å². The van der Waals surface area contributed by atoms with Gasteiger partial charge in [0.05, 0.1) is 25.0 Å². The Morgan fingerprint density at radius 3 is 2.85 bits per heavy atom. The average molecular weight is 374 g/mol. The predicted molar refractivity (Wildman–Crippen MR) is 96.0 cm³/mol. The molecular formula is C18H26N6O3. The van der Waals surface area contributed by atoms with Crippen molar-refractivity contribution in [3.8, 4) is 0 Å². The molecule has 2 atom stereocenters. The van der Waals surface area contributed by atoms with E-state index in [1.807, 2.05) is 9.58 Å². The van der Waals surface area contributed by atoms with Crippen LogP contribution in [0.3, 0.4) is 0 Å². The molecule has 0 spiro atoms. The minimum atomic E-state index is -0.0454. The Bertz CT molecular complexity index is 732. The SMILES string of the molecule is CC[C@H](c1nnnn1C[C@H]1CCCO1)N1CCN(C(=O)c2ccco2)CC1. The molecule has 2 aliphatic heterocycles. The van der Waals surface area contributed by atoms with Crippen LogP contribution in [0.4, 0.5) is 0 Å². The van der Waals surface area contributed by atoms with Crippen LogP contribution in [0.1, 0.15) is 48.6 Å². The first-order valence-corrected chi connectivity index (χ1v) is 9.70. The Balaban J connectivity index is 1.39. The standard InChI is InChI=1S/C18H26N6O3/c1-2-15(17-19-20-21-24(17)13-14-5-3-11-26-14)22-7-9-23(10-8-22)18(25)16-6-4-12-27-16/h4,6,12,14-15H,2-3,5,7-11,13H2,1H3/t14-,15-/m1/s1. The van der Waals surface area contributed by atoms with Gasteiger partial charge >= 0.3 is 0 Å². The third kappa shape index (κ3) is 3.89. The topological polar surface area (TPSA) is 89.5 Å². The van der Waals surface area contributed by atoms with Crippen LogP contribution in [-0.4, -0.2) is 74.8 Å². The summed E-state index contributed by atoms with van der Waals surface area (Å²) < 4.78 is 12.9. The van der Waals surface area contributed by atoms with Crippen LogP contribution >= 0.6 is 0 Å². The summed E-state index contributed by atoms with van der Waals surface area (Å²) in [7, 11) is 0. The number of piperazine rings is 1. The summed E-state index contributed by atoms with van der Waals surface area (Å²) in [5.41, 5.74) is 0. The van der Waals surface area contributed by atoms with Crippen molar-refractivity contribution in [2.45, 2.75) is 44.9 Å². The zero-order valence-corrected chi connectivity index (χ0v) is 15.7. The average Bonchev–Trinajstić information content (AvgIpc) is 3.46. The van der Waals surface area contributed by atoms with Gasteiger partial charge in [-0.2, -0.15) is 0 Å². The van der Waals surface area contributed by atoms with Crippen molar-refractivity contribution in [1.29, 1.82) is 0 Å². The Morgan fingerprint density at radius 1 is 1.33 bits per heavy atom. The molecule has 0 N–H and O–H groups in total. The molecule has 0 aromatic carbocycles. The van der Waals surface area contributed by atoms with Crippen LogP contribution < -0.4 is 0 Å². The fourth-order valence-corrected chi connectivity index (χ4v) is 3.96. The third-order valence-electron chi connectivity index (χ3n) is 5.42. The van der Waals surface area contributed by atoms with E-state index >= 15 is 0 Å². The van der Waals surface area contributed by atoms with Crippen LogP contribution in [0.5, 0.6) is 0 Å². The lowest BCUT2D eigenvalue weighted by molar-refractivity contribution is 0.0510. The molecule has 2 aromatic rings. The summed E-state index contributed by atoms with van der Waals surface area (Å²) in [4.78, 5) is 16.7. The predicted octanol–water partition coefficient (Wildman–Crippen LogP) is 1.35. The lowest BCUT2D eigenvalue weighted by atomic mass is 10.1. The molecule has 27 heavy (non-hydrogen) atoms. The molecule has 4 heterocycles. The lowest BCUT2D eigenvalue weighted by Crippen LogP contribution is -2.50. The van der Waals surface area contributed by atoms with Crippen molar-refractivity contribution in [2.75, 3.05) is 32.8 Å². The van der Waals surface area contributed by atoms with Crippen molar-refractivity contribution in [3.63, 3.8) is 0 Å². The minimum Gasteiger partial charge on any atom is -0.459 e. The van der Waals surface area contributed by atoms with Gasteiger partial charge in [-0.05, 0) is 41.8 Å². The van der Waals surface area contributed by atoms with Crippen molar-refractivity contribution >= 4 is 5.91 Å². The molecule has 2 aromatic heterocycles. The molecule has 2 aliphatic rings. The summed E-state index contributed by atoms with van der Waals surface area (Å²) in [5, 5.41) is 12.4. The second-order valence-corrected chi connectivity index (χ2v) is 7.08. The van der Waals surface area contributed by atoms with Gasteiger partial charge in [0.1, 0.15) is 0 Å². The molecule has 4 rings (SSSR count). The van der Waals surface area contributed by atoms with Gasteiger partial charge in [-0.25, -0.2) is 4.68 Å². The summed E-state index contributed by atoms with van der Waals surface area (Å²) in [6.45, 7) is 6.60. The highest BCUT2D eigenvalue weighted by atomic mass is 16.5. The second kappa shape index (κ2) is 8.18. The summed E-state index contributed by atoms with van der Waals surface area (Å²) >= 11 is 0. The van der Waals surface area contributed by atoms with Crippen LogP contribution in [0.25, 0.3) is 0 Å². The van der Waals surface area contributed by atoms with E-state index in [9.17, 15) is 4.79 Å². The number of hydrogen-bond donors (Lipinski definition) is 0. The Labute approximate surface area is 158 Å². The van der Waals surface area contributed by atoms with Crippen molar-refractivity contribution in [1.82, 2.24) is 30.0 Å². The zero-order valence-electron chi connectivity index (χ0n) is 15.7. The van der Waals surface area contributed by atoms with Gasteiger partial charge in [0.25, 0.3) is 5.91 Å². The van der Waals surface area contributed by atoms with Gasteiger partial charge in [-0.15, -0.1) is 5.10 Å². The van der Waals surface area contributed by atoms with Crippen molar-refractivity contribution in [2.24, 2.45) is 0 Å². The van der Waals surface area contributed by atoms with Gasteiger partial charge in [0, 0.05) is 32.8 Å².